The largest absolute Gasteiger partial charge is 0.256 e. The molecule has 0 spiro atoms. The van der Waals surface area contributed by atoms with E-state index in [9.17, 15) is 0 Å². The van der Waals surface area contributed by atoms with E-state index in [2.05, 4.69) is 77.8 Å². The molecule has 0 N–H and O–H groups in total. The second-order valence-electron chi connectivity index (χ2n) is 6.28. The molecule has 0 fully saturated rings. The molecule has 0 atom stereocenters. The molecule has 0 saturated heterocycles. The molecule has 0 saturated carbocycles. The van der Waals surface area contributed by atoms with Crippen LogP contribution < -0.4 is 0 Å². The van der Waals surface area contributed by atoms with Gasteiger partial charge in [-0.25, -0.2) is 0 Å². The molecule has 3 aromatic rings. The van der Waals surface area contributed by atoms with Crippen LogP contribution in [0.5, 0.6) is 0 Å². The smallest absolute Gasteiger partial charge is 0.0733 e. The highest BCUT2D eigenvalue weighted by molar-refractivity contribution is 5.62. The average molecular weight is 315 g/mol. The van der Waals surface area contributed by atoms with Gasteiger partial charge in [-0.05, 0) is 42.9 Å². The Morgan fingerprint density at radius 1 is 0.583 bits per heavy atom. The van der Waals surface area contributed by atoms with E-state index in [1.165, 1.54) is 48.8 Å². The van der Waals surface area contributed by atoms with Crippen LogP contribution in [0.4, 0.5) is 0 Å². The predicted molar refractivity (Wildman–Crippen MR) is 102 cm³/mol. The number of hydrogen-bond acceptors (Lipinski definition) is 1. The first kappa shape index (κ1) is 16.4. The third-order valence-corrected chi connectivity index (χ3v) is 4.44. The maximum Gasteiger partial charge on any atom is 0.0733 e. The molecule has 1 heteroatoms. The van der Waals surface area contributed by atoms with E-state index in [-0.39, 0.29) is 0 Å². The van der Waals surface area contributed by atoms with Crippen LogP contribution in [-0.4, -0.2) is 4.98 Å². The fraction of sp³-hybridized carbons (Fsp3) is 0.261. The van der Waals surface area contributed by atoms with Gasteiger partial charge in [0.25, 0.3) is 0 Å². The molecular formula is C23H25N. The van der Waals surface area contributed by atoms with Gasteiger partial charge in [0.15, 0.2) is 0 Å². The van der Waals surface area contributed by atoms with Gasteiger partial charge in [-0.15, -0.1) is 0 Å². The molecular weight excluding hydrogens is 290 g/mol. The predicted octanol–water partition coefficient (Wildman–Crippen LogP) is 6.09. The summed E-state index contributed by atoms with van der Waals surface area (Å²) in [6, 6.07) is 25.6. The normalized spacial score (nSPS) is 10.7. The molecule has 3 rings (SSSR count). The third kappa shape index (κ3) is 4.79. The second-order valence-corrected chi connectivity index (χ2v) is 6.28. The Labute approximate surface area is 145 Å². The van der Waals surface area contributed by atoms with Gasteiger partial charge in [0.1, 0.15) is 0 Å². The van der Waals surface area contributed by atoms with Crippen molar-refractivity contribution in [2.75, 3.05) is 0 Å². The topological polar surface area (TPSA) is 12.9 Å². The van der Waals surface area contributed by atoms with Crippen molar-refractivity contribution in [1.29, 1.82) is 0 Å². The molecule has 0 unspecified atom stereocenters. The summed E-state index contributed by atoms with van der Waals surface area (Å²) in [4.78, 5) is 4.60. The first-order chi connectivity index (χ1) is 11.9. The van der Waals surface area contributed by atoms with Crippen molar-refractivity contribution in [2.24, 2.45) is 0 Å². The van der Waals surface area contributed by atoms with Crippen LogP contribution in [0.1, 0.15) is 36.8 Å². The Morgan fingerprint density at radius 2 is 1.25 bits per heavy atom. The highest BCUT2D eigenvalue weighted by Gasteiger charge is 2.05. The molecule has 122 valence electrons. The van der Waals surface area contributed by atoms with Gasteiger partial charge < -0.3 is 0 Å². The van der Waals surface area contributed by atoms with Crippen molar-refractivity contribution < 1.29 is 0 Å². The molecule has 0 bridgehead atoms. The standard InChI is InChI=1S/C23H25N/c1(5-12-20-13-6-3-7-14-20)2-8-15-22-18-11-19-24-23(22)21-16-9-4-10-17-21/h3-4,6-7,9-11,13-14,16-19H,1-2,5,8,12,15H2. The van der Waals surface area contributed by atoms with E-state index in [4.69, 9.17) is 0 Å². The minimum atomic E-state index is 1.11. The van der Waals surface area contributed by atoms with E-state index < -0.39 is 0 Å². The minimum absolute atomic E-state index is 1.11. The van der Waals surface area contributed by atoms with Gasteiger partial charge in [0.05, 0.1) is 5.69 Å². The molecule has 2 aromatic carbocycles. The molecule has 1 nitrogen and oxygen atoms in total. The number of rotatable bonds is 8. The summed E-state index contributed by atoms with van der Waals surface area (Å²) in [6.45, 7) is 0. The first-order valence-corrected chi connectivity index (χ1v) is 8.97. The fourth-order valence-electron chi connectivity index (χ4n) is 3.14. The van der Waals surface area contributed by atoms with Crippen molar-refractivity contribution in [3.05, 3.63) is 90.1 Å². The summed E-state index contributed by atoms with van der Waals surface area (Å²) in [5.74, 6) is 0. The lowest BCUT2D eigenvalue weighted by atomic mass is 10.00. The van der Waals surface area contributed by atoms with Gasteiger partial charge >= 0.3 is 0 Å². The molecule has 0 aliphatic carbocycles. The van der Waals surface area contributed by atoms with Gasteiger partial charge in [-0.1, -0.05) is 79.6 Å². The van der Waals surface area contributed by atoms with E-state index in [0.29, 0.717) is 0 Å². The first-order valence-electron chi connectivity index (χ1n) is 8.97. The number of nitrogens with zero attached hydrogens (tertiary/aromatic N) is 1. The quantitative estimate of drug-likeness (QED) is 0.458. The third-order valence-electron chi connectivity index (χ3n) is 4.44. The summed E-state index contributed by atoms with van der Waals surface area (Å²) in [7, 11) is 0. The molecule has 0 amide bonds. The van der Waals surface area contributed by atoms with Crippen LogP contribution in [-0.2, 0) is 12.8 Å². The molecule has 0 radical (unpaired) electrons. The van der Waals surface area contributed by atoms with Crippen molar-refractivity contribution >= 4 is 0 Å². The Balaban J connectivity index is 1.46. The average Bonchev–Trinajstić information content (AvgIpc) is 2.66. The molecule has 1 heterocycles. The number of aromatic nitrogens is 1. The summed E-state index contributed by atoms with van der Waals surface area (Å²) < 4.78 is 0. The van der Waals surface area contributed by atoms with Crippen LogP contribution in [0.25, 0.3) is 11.3 Å². The number of unbranched alkanes of at least 4 members (excludes halogenated alkanes) is 3. The minimum Gasteiger partial charge on any atom is -0.256 e. The van der Waals surface area contributed by atoms with Crippen LogP contribution >= 0.6 is 0 Å². The van der Waals surface area contributed by atoms with Crippen molar-refractivity contribution in [1.82, 2.24) is 4.98 Å². The van der Waals surface area contributed by atoms with Crippen molar-refractivity contribution in [2.45, 2.75) is 38.5 Å². The van der Waals surface area contributed by atoms with E-state index in [1.807, 2.05) is 6.20 Å². The highest BCUT2D eigenvalue weighted by Crippen LogP contribution is 2.22. The zero-order chi connectivity index (χ0) is 16.5. The molecule has 0 aliphatic heterocycles. The van der Waals surface area contributed by atoms with Crippen molar-refractivity contribution in [3.8, 4) is 11.3 Å². The van der Waals surface area contributed by atoms with Crippen LogP contribution in [0, 0.1) is 0 Å². The lowest BCUT2D eigenvalue weighted by Gasteiger charge is -2.08. The number of benzene rings is 2. The molecule has 1 aromatic heterocycles. The number of hydrogen-bond donors (Lipinski definition) is 0. The SMILES string of the molecule is c1ccc(CCCCCCc2cccnc2-c2ccccc2)cc1. The Bertz CT molecular complexity index is 719. The number of aryl methyl sites for hydroxylation is 2. The Kier molecular flexibility index (Phi) is 6.18. The van der Waals surface area contributed by atoms with Crippen molar-refractivity contribution in [3.63, 3.8) is 0 Å². The monoisotopic (exact) mass is 315 g/mol. The van der Waals surface area contributed by atoms with Gasteiger partial charge in [-0.2, -0.15) is 0 Å². The maximum absolute atomic E-state index is 4.60. The fourth-order valence-corrected chi connectivity index (χ4v) is 3.14. The Morgan fingerprint density at radius 3 is 2.00 bits per heavy atom. The maximum atomic E-state index is 4.60. The summed E-state index contributed by atoms with van der Waals surface area (Å²) in [6.07, 6.45) is 9.31. The lowest BCUT2D eigenvalue weighted by Crippen LogP contribution is -1.94. The van der Waals surface area contributed by atoms with E-state index in [0.717, 1.165) is 12.1 Å². The number of pyridine rings is 1. The van der Waals surface area contributed by atoms with Crippen LogP contribution in [0.15, 0.2) is 79.0 Å². The second kappa shape index (κ2) is 9.02. The lowest BCUT2D eigenvalue weighted by molar-refractivity contribution is 0.640. The van der Waals surface area contributed by atoms with E-state index in [1.54, 1.807) is 0 Å². The highest BCUT2D eigenvalue weighted by atomic mass is 14.7. The zero-order valence-electron chi connectivity index (χ0n) is 14.2. The van der Waals surface area contributed by atoms with Crippen LogP contribution in [0.2, 0.25) is 0 Å². The molecule has 24 heavy (non-hydrogen) atoms. The summed E-state index contributed by atoms with van der Waals surface area (Å²) in [5.41, 5.74) is 5.18. The molecule has 0 aliphatic rings. The summed E-state index contributed by atoms with van der Waals surface area (Å²) in [5, 5.41) is 0. The van der Waals surface area contributed by atoms with E-state index >= 15 is 0 Å². The summed E-state index contributed by atoms with van der Waals surface area (Å²) >= 11 is 0. The van der Waals surface area contributed by atoms with Gasteiger partial charge in [0.2, 0.25) is 0 Å². The zero-order valence-corrected chi connectivity index (χ0v) is 14.2. The van der Waals surface area contributed by atoms with Gasteiger partial charge in [0, 0.05) is 11.8 Å². The Hall–Kier alpha value is -2.41. The van der Waals surface area contributed by atoms with Gasteiger partial charge in [-0.3, -0.25) is 4.98 Å². The van der Waals surface area contributed by atoms with Crippen LogP contribution in [0.3, 0.4) is 0 Å².